The first-order valence-electron chi connectivity index (χ1n) is 8.86. The number of carbonyl (C=O) groups excluding carboxylic acids is 1. The van der Waals surface area contributed by atoms with Crippen LogP contribution in [0, 0.1) is 28.6 Å². The monoisotopic (exact) mass is 346 g/mol. The summed E-state index contributed by atoms with van der Waals surface area (Å²) in [6.45, 7) is 5.64. The second-order valence-corrected chi connectivity index (χ2v) is 8.94. The highest BCUT2D eigenvalue weighted by molar-refractivity contribution is 5.86. The average molecular weight is 346 g/mol. The molecule has 3 saturated carbocycles. The first kappa shape index (κ1) is 15.6. The van der Waals surface area contributed by atoms with Crippen molar-refractivity contribution < 1.29 is 29.6 Å². The number of fused-ring (bicyclic) bond motifs is 1. The summed E-state index contributed by atoms with van der Waals surface area (Å²) in [5.74, 6) is -3.18. The lowest BCUT2D eigenvalue weighted by molar-refractivity contribution is -0.163. The van der Waals surface area contributed by atoms with Gasteiger partial charge < -0.3 is 20.1 Å². The Bertz CT molecular complexity index is 772. The van der Waals surface area contributed by atoms with Crippen LogP contribution in [0.15, 0.2) is 24.3 Å². The number of rotatable bonds is 1. The maximum Gasteiger partial charge on any atom is 0.316 e. The van der Waals surface area contributed by atoms with Gasteiger partial charge in [-0.15, -0.1) is 0 Å². The van der Waals surface area contributed by atoms with E-state index >= 15 is 0 Å². The first-order valence-corrected chi connectivity index (χ1v) is 8.86. The number of aliphatic hydroxyl groups is 2. The van der Waals surface area contributed by atoms with E-state index in [1.54, 1.807) is 19.1 Å². The zero-order chi connectivity index (χ0) is 18.0. The number of aliphatic carboxylic acids is 1. The van der Waals surface area contributed by atoms with Gasteiger partial charge in [0.25, 0.3) is 0 Å². The minimum absolute atomic E-state index is 0.180. The van der Waals surface area contributed by atoms with Crippen LogP contribution in [-0.4, -0.2) is 44.6 Å². The number of carboxylic acids is 1. The van der Waals surface area contributed by atoms with Gasteiger partial charge in [-0.3, -0.25) is 9.59 Å². The molecule has 1 spiro atoms. The zero-order valence-corrected chi connectivity index (χ0v) is 14.1. The molecule has 1 heterocycles. The predicted octanol–water partition coefficient (Wildman–Crippen LogP) is 1.03. The number of esters is 1. The lowest BCUT2D eigenvalue weighted by Gasteiger charge is -2.44. The van der Waals surface area contributed by atoms with Crippen LogP contribution in [0.4, 0.5) is 0 Å². The second kappa shape index (κ2) is 4.01. The Labute approximate surface area is 145 Å². The van der Waals surface area contributed by atoms with Crippen molar-refractivity contribution in [3.05, 3.63) is 24.3 Å². The maximum atomic E-state index is 12.7. The summed E-state index contributed by atoms with van der Waals surface area (Å²) in [5, 5.41) is 31.6. The van der Waals surface area contributed by atoms with Crippen LogP contribution >= 0.6 is 0 Å². The molecule has 1 saturated heterocycles. The third-order valence-corrected chi connectivity index (χ3v) is 8.12. The quantitative estimate of drug-likeness (QED) is 0.484. The fourth-order valence-electron chi connectivity index (χ4n) is 7.13. The minimum Gasteiger partial charge on any atom is -0.481 e. The Balaban J connectivity index is 1.78. The van der Waals surface area contributed by atoms with Crippen molar-refractivity contribution in [3.8, 4) is 0 Å². The normalized spacial score (nSPS) is 58.0. The van der Waals surface area contributed by atoms with Crippen molar-refractivity contribution in [3.63, 3.8) is 0 Å². The molecule has 0 aromatic heterocycles. The average Bonchev–Trinajstić information content (AvgIpc) is 2.95. The van der Waals surface area contributed by atoms with Gasteiger partial charge in [0.05, 0.1) is 17.6 Å². The van der Waals surface area contributed by atoms with Crippen molar-refractivity contribution in [1.29, 1.82) is 0 Å². The molecular formula is C19H22O6. The third-order valence-electron chi connectivity index (χ3n) is 8.12. The molecule has 0 aromatic carbocycles. The van der Waals surface area contributed by atoms with Gasteiger partial charge in [-0.25, -0.2) is 0 Å². The highest BCUT2D eigenvalue weighted by Gasteiger charge is 2.83. The van der Waals surface area contributed by atoms with Gasteiger partial charge in [0.1, 0.15) is 11.0 Å². The van der Waals surface area contributed by atoms with Crippen LogP contribution in [0.2, 0.25) is 0 Å². The third kappa shape index (κ3) is 1.36. The molecule has 0 unspecified atom stereocenters. The van der Waals surface area contributed by atoms with Crippen molar-refractivity contribution >= 4 is 11.9 Å². The molecule has 5 rings (SSSR count). The summed E-state index contributed by atoms with van der Waals surface area (Å²) in [5.41, 5.74) is -3.29. The Kier molecular flexibility index (Phi) is 2.50. The first-order chi connectivity index (χ1) is 11.6. The molecule has 5 aliphatic rings. The van der Waals surface area contributed by atoms with E-state index in [0.29, 0.717) is 31.3 Å². The number of hydrogen-bond donors (Lipinski definition) is 3. The van der Waals surface area contributed by atoms with E-state index in [2.05, 4.69) is 6.58 Å². The van der Waals surface area contributed by atoms with Crippen molar-refractivity contribution in [1.82, 2.24) is 0 Å². The standard InChI is InChI=1S/C19H22O6/c1-9-7-17-8-18(9,24)5-3-10(17)19-6-4-11(20)16(2,15(23)25-19)13(19)12(17)14(21)22/h4,6,10-13,20,24H,1,3,5,7-8H2,2H3,(H,21,22)/t10-,11-,12-,13-,16+,17-,18-,19-/m0/s1. The van der Waals surface area contributed by atoms with Crippen molar-refractivity contribution in [2.24, 2.45) is 28.6 Å². The van der Waals surface area contributed by atoms with Crippen LogP contribution in [0.3, 0.4) is 0 Å². The van der Waals surface area contributed by atoms with E-state index in [9.17, 15) is 24.9 Å². The summed E-state index contributed by atoms with van der Waals surface area (Å²) >= 11 is 0. The minimum atomic E-state index is -1.27. The molecule has 4 bridgehead atoms. The van der Waals surface area contributed by atoms with Gasteiger partial charge >= 0.3 is 11.9 Å². The maximum absolute atomic E-state index is 12.7. The van der Waals surface area contributed by atoms with E-state index in [-0.39, 0.29) is 5.92 Å². The molecule has 0 aromatic rings. The molecule has 3 N–H and O–H groups in total. The van der Waals surface area contributed by atoms with Crippen LogP contribution in [-0.2, 0) is 14.3 Å². The molecule has 6 nitrogen and oxygen atoms in total. The summed E-state index contributed by atoms with van der Waals surface area (Å²) in [7, 11) is 0. The number of hydrogen-bond acceptors (Lipinski definition) is 5. The van der Waals surface area contributed by atoms with E-state index in [4.69, 9.17) is 4.74 Å². The molecule has 4 aliphatic carbocycles. The smallest absolute Gasteiger partial charge is 0.316 e. The van der Waals surface area contributed by atoms with Gasteiger partial charge in [-0.1, -0.05) is 12.7 Å². The largest absolute Gasteiger partial charge is 0.481 e. The predicted molar refractivity (Wildman–Crippen MR) is 85.2 cm³/mol. The van der Waals surface area contributed by atoms with Crippen LogP contribution < -0.4 is 0 Å². The van der Waals surface area contributed by atoms with E-state index in [1.165, 1.54) is 0 Å². The van der Waals surface area contributed by atoms with Gasteiger partial charge in [-0.05, 0) is 49.7 Å². The van der Waals surface area contributed by atoms with E-state index in [0.717, 1.165) is 0 Å². The fraction of sp³-hybridized carbons (Fsp3) is 0.684. The number of carbonyl (C=O) groups is 2. The summed E-state index contributed by atoms with van der Waals surface area (Å²) in [6, 6.07) is 0. The summed E-state index contributed by atoms with van der Waals surface area (Å²) in [4.78, 5) is 25.1. The number of aliphatic hydroxyl groups excluding tert-OH is 1. The molecule has 6 heteroatoms. The Morgan fingerprint density at radius 3 is 2.84 bits per heavy atom. The highest BCUT2D eigenvalue weighted by Crippen LogP contribution is 2.77. The van der Waals surface area contributed by atoms with Crippen molar-refractivity contribution in [2.45, 2.75) is 49.9 Å². The summed E-state index contributed by atoms with van der Waals surface area (Å²) < 4.78 is 5.87. The van der Waals surface area contributed by atoms with Gasteiger partial charge in [0.2, 0.25) is 0 Å². The number of ether oxygens (including phenoxy) is 1. The molecule has 134 valence electrons. The highest BCUT2D eigenvalue weighted by atomic mass is 16.6. The second-order valence-electron chi connectivity index (χ2n) is 8.94. The summed E-state index contributed by atoms with van der Waals surface area (Å²) in [6.07, 6.45) is 4.11. The van der Waals surface area contributed by atoms with E-state index < -0.39 is 51.9 Å². The topological polar surface area (TPSA) is 104 Å². The zero-order valence-electron chi connectivity index (χ0n) is 14.1. The molecule has 4 fully saturated rings. The Morgan fingerprint density at radius 2 is 2.16 bits per heavy atom. The lowest BCUT2D eigenvalue weighted by atomic mass is 9.61. The molecule has 0 amide bonds. The molecule has 25 heavy (non-hydrogen) atoms. The number of carboxylic acid groups (broad SMARTS) is 1. The van der Waals surface area contributed by atoms with Crippen molar-refractivity contribution in [2.75, 3.05) is 0 Å². The van der Waals surface area contributed by atoms with E-state index in [1.807, 2.05) is 0 Å². The van der Waals surface area contributed by atoms with Gasteiger partial charge in [-0.2, -0.15) is 0 Å². The van der Waals surface area contributed by atoms with Gasteiger partial charge in [0, 0.05) is 11.8 Å². The van der Waals surface area contributed by atoms with Crippen LogP contribution in [0.25, 0.3) is 0 Å². The Morgan fingerprint density at radius 1 is 1.44 bits per heavy atom. The van der Waals surface area contributed by atoms with Crippen LogP contribution in [0.5, 0.6) is 0 Å². The van der Waals surface area contributed by atoms with Crippen LogP contribution in [0.1, 0.15) is 32.6 Å². The molecule has 8 atom stereocenters. The van der Waals surface area contributed by atoms with Gasteiger partial charge in [0.15, 0.2) is 0 Å². The fourth-order valence-corrected chi connectivity index (χ4v) is 7.13. The molecule has 0 radical (unpaired) electrons. The molecular weight excluding hydrogens is 324 g/mol. The molecule has 1 aliphatic heterocycles. The SMILES string of the molecule is C=C1C[C@]23C[C@@]1(O)CC[C@@H]2[C@]12C=C[C@H](O)[C@@](C)(C(=O)O1)[C@@H]2[C@H]3C(=O)O. The Hall–Kier alpha value is -1.66. The lowest BCUT2D eigenvalue weighted by Crippen LogP contribution is -2.50.